The maximum absolute atomic E-state index is 12.7. The van der Waals surface area contributed by atoms with E-state index in [9.17, 15) is 8.42 Å². The lowest BCUT2D eigenvalue weighted by molar-refractivity contribution is 0.581. The highest BCUT2D eigenvalue weighted by atomic mass is 32.2. The Morgan fingerprint density at radius 1 is 0.933 bits per heavy atom. The number of aromatic nitrogens is 3. The fourth-order valence-corrected chi connectivity index (χ4v) is 5.26. The van der Waals surface area contributed by atoms with Crippen molar-refractivity contribution in [3.8, 4) is 11.4 Å². The van der Waals surface area contributed by atoms with Gasteiger partial charge < -0.3 is 0 Å². The van der Waals surface area contributed by atoms with Crippen molar-refractivity contribution in [2.45, 2.75) is 11.3 Å². The zero-order chi connectivity index (χ0) is 20.6. The average Bonchev–Trinajstić information content (AvgIpc) is 3.36. The van der Waals surface area contributed by atoms with E-state index in [1.165, 1.54) is 11.3 Å². The molecule has 1 N–H and O–H groups in total. The summed E-state index contributed by atoms with van der Waals surface area (Å²) >= 11 is 1.50. The van der Waals surface area contributed by atoms with Crippen LogP contribution in [0.4, 0.5) is 0 Å². The average molecular weight is 435 g/mol. The minimum atomic E-state index is -3.59. The Balaban J connectivity index is 1.32. The monoisotopic (exact) mass is 434 g/mol. The van der Waals surface area contributed by atoms with Gasteiger partial charge in [0.25, 0.3) is 0 Å². The van der Waals surface area contributed by atoms with Crippen molar-refractivity contribution >= 4 is 37.1 Å². The Kier molecular flexibility index (Phi) is 4.82. The standard InChI is InChI=1S/C22H18N4O2S2/c27-30(28,20-11-10-16-6-4-5-9-18(16)14-20)23-13-12-19-15-29-22-24-21(25-26(19)22)17-7-2-1-3-8-17/h1-11,14-15,23H,12-13H2. The van der Waals surface area contributed by atoms with Gasteiger partial charge in [-0.25, -0.2) is 17.7 Å². The lowest BCUT2D eigenvalue weighted by Gasteiger charge is -2.07. The SMILES string of the molecule is O=S(=O)(NCCc1csc2nc(-c3ccccc3)nn12)c1ccc2ccccc2c1. The number of sulfonamides is 1. The quantitative estimate of drug-likeness (QED) is 0.436. The van der Waals surface area contributed by atoms with Gasteiger partial charge in [-0.1, -0.05) is 60.7 Å². The Morgan fingerprint density at radius 3 is 2.53 bits per heavy atom. The normalized spacial score (nSPS) is 12.0. The van der Waals surface area contributed by atoms with E-state index in [1.54, 1.807) is 16.6 Å². The first-order chi connectivity index (χ1) is 14.6. The molecule has 0 aliphatic heterocycles. The van der Waals surface area contributed by atoms with Gasteiger partial charge >= 0.3 is 0 Å². The molecule has 3 aromatic carbocycles. The van der Waals surface area contributed by atoms with Gasteiger partial charge in [-0.05, 0) is 22.9 Å². The number of nitrogens with one attached hydrogen (secondary N) is 1. The van der Waals surface area contributed by atoms with Crippen LogP contribution in [0.2, 0.25) is 0 Å². The fraction of sp³-hybridized carbons (Fsp3) is 0.0909. The van der Waals surface area contributed by atoms with E-state index in [-0.39, 0.29) is 11.4 Å². The van der Waals surface area contributed by atoms with Gasteiger partial charge in [0.2, 0.25) is 15.0 Å². The lowest BCUT2D eigenvalue weighted by atomic mass is 10.1. The Morgan fingerprint density at radius 2 is 1.70 bits per heavy atom. The molecule has 6 nitrogen and oxygen atoms in total. The summed E-state index contributed by atoms with van der Waals surface area (Å²) in [5.74, 6) is 0.667. The van der Waals surface area contributed by atoms with E-state index in [0.29, 0.717) is 12.2 Å². The molecular weight excluding hydrogens is 416 g/mol. The van der Waals surface area contributed by atoms with Crippen molar-refractivity contribution in [2.24, 2.45) is 0 Å². The van der Waals surface area contributed by atoms with E-state index in [0.717, 1.165) is 27.0 Å². The minimum Gasteiger partial charge on any atom is -0.211 e. The summed E-state index contributed by atoms with van der Waals surface area (Å²) in [4.78, 5) is 5.63. The second-order valence-electron chi connectivity index (χ2n) is 6.88. The maximum atomic E-state index is 12.7. The number of hydrogen-bond donors (Lipinski definition) is 1. The van der Waals surface area contributed by atoms with Crippen LogP contribution in [0.3, 0.4) is 0 Å². The predicted molar refractivity (Wildman–Crippen MR) is 119 cm³/mol. The van der Waals surface area contributed by atoms with E-state index in [4.69, 9.17) is 0 Å². The summed E-state index contributed by atoms with van der Waals surface area (Å²) in [5.41, 5.74) is 1.88. The molecule has 0 saturated carbocycles. The van der Waals surface area contributed by atoms with Crippen LogP contribution in [-0.4, -0.2) is 29.6 Å². The topological polar surface area (TPSA) is 76.4 Å². The Hall–Kier alpha value is -3.07. The van der Waals surface area contributed by atoms with Crippen LogP contribution in [0, 0.1) is 0 Å². The Labute approximate surface area is 177 Å². The molecule has 0 radical (unpaired) electrons. The van der Waals surface area contributed by atoms with Crippen molar-refractivity contribution in [1.29, 1.82) is 0 Å². The van der Waals surface area contributed by atoms with Gasteiger partial charge in [-0.2, -0.15) is 4.98 Å². The number of nitrogens with zero attached hydrogens (tertiary/aromatic N) is 3. The molecular formula is C22H18N4O2S2. The number of hydrogen-bond acceptors (Lipinski definition) is 5. The smallest absolute Gasteiger partial charge is 0.211 e. The molecule has 2 heterocycles. The van der Waals surface area contributed by atoms with Crippen LogP contribution in [0.5, 0.6) is 0 Å². The zero-order valence-electron chi connectivity index (χ0n) is 15.9. The first-order valence-electron chi connectivity index (χ1n) is 9.47. The van der Waals surface area contributed by atoms with Crippen LogP contribution in [0.15, 0.2) is 83.1 Å². The fourth-order valence-electron chi connectivity index (χ4n) is 3.34. The third-order valence-electron chi connectivity index (χ3n) is 4.89. The molecule has 0 aliphatic rings. The van der Waals surface area contributed by atoms with E-state index in [1.807, 2.05) is 66.0 Å². The van der Waals surface area contributed by atoms with Crippen LogP contribution in [0.25, 0.3) is 27.1 Å². The second kappa shape index (κ2) is 7.64. The summed E-state index contributed by atoms with van der Waals surface area (Å²) in [5, 5.41) is 8.47. The van der Waals surface area contributed by atoms with Crippen molar-refractivity contribution < 1.29 is 8.42 Å². The van der Waals surface area contributed by atoms with Crippen LogP contribution >= 0.6 is 11.3 Å². The summed E-state index contributed by atoms with van der Waals surface area (Å²) in [6.07, 6.45) is 0.518. The molecule has 0 unspecified atom stereocenters. The molecule has 0 aliphatic carbocycles. The summed E-state index contributed by atoms with van der Waals surface area (Å²) < 4.78 is 29.9. The van der Waals surface area contributed by atoms with Gasteiger partial charge in [-0.3, -0.25) is 0 Å². The van der Waals surface area contributed by atoms with Crippen LogP contribution in [-0.2, 0) is 16.4 Å². The van der Waals surface area contributed by atoms with E-state index < -0.39 is 10.0 Å². The molecule has 0 bridgehead atoms. The molecule has 0 amide bonds. The highest BCUT2D eigenvalue weighted by molar-refractivity contribution is 7.89. The van der Waals surface area contributed by atoms with E-state index in [2.05, 4.69) is 14.8 Å². The first-order valence-corrected chi connectivity index (χ1v) is 11.8. The molecule has 8 heteroatoms. The maximum Gasteiger partial charge on any atom is 0.240 e. The van der Waals surface area contributed by atoms with Gasteiger partial charge in [-0.15, -0.1) is 16.4 Å². The minimum absolute atomic E-state index is 0.267. The molecule has 0 spiro atoms. The summed E-state index contributed by atoms with van der Waals surface area (Å²) in [6.45, 7) is 0.279. The largest absolute Gasteiger partial charge is 0.240 e. The van der Waals surface area contributed by atoms with Crippen molar-refractivity contribution in [3.63, 3.8) is 0 Å². The zero-order valence-corrected chi connectivity index (χ0v) is 17.5. The third-order valence-corrected chi connectivity index (χ3v) is 7.21. The van der Waals surface area contributed by atoms with Crippen molar-refractivity contribution in [1.82, 2.24) is 19.3 Å². The molecule has 0 atom stereocenters. The molecule has 2 aromatic heterocycles. The van der Waals surface area contributed by atoms with Gasteiger partial charge in [0.15, 0.2) is 5.82 Å². The third kappa shape index (κ3) is 3.60. The first kappa shape index (κ1) is 18.9. The van der Waals surface area contributed by atoms with Gasteiger partial charge in [0.05, 0.1) is 10.6 Å². The molecule has 5 rings (SSSR count). The van der Waals surface area contributed by atoms with Crippen molar-refractivity contribution in [3.05, 3.63) is 83.9 Å². The molecule has 0 fully saturated rings. The number of fused-ring (bicyclic) bond motifs is 2. The highest BCUT2D eigenvalue weighted by Gasteiger charge is 2.16. The molecule has 30 heavy (non-hydrogen) atoms. The molecule has 150 valence electrons. The number of benzene rings is 3. The van der Waals surface area contributed by atoms with Gasteiger partial charge in [0, 0.05) is 23.9 Å². The van der Waals surface area contributed by atoms with Gasteiger partial charge in [0.1, 0.15) is 0 Å². The predicted octanol–water partition coefficient (Wildman–Crippen LogP) is 4.13. The van der Waals surface area contributed by atoms with Crippen LogP contribution < -0.4 is 4.72 Å². The van der Waals surface area contributed by atoms with Crippen LogP contribution in [0.1, 0.15) is 5.69 Å². The summed E-state index contributed by atoms with van der Waals surface area (Å²) in [7, 11) is -3.59. The van der Waals surface area contributed by atoms with Crippen molar-refractivity contribution in [2.75, 3.05) is 6.54 Å². The highest BCUT2D eigenvalue weighted by Crippen LogP contribution is 2.21. The lowest BCUT2D eigenvalue weighted by Crippen LogP contribution is -2.26. The molecule has 0 saturated heterocycles. The number of thiazole rings is 1. The summed E-state index contributed by atoms with van der Waals surface area (Å²) in [6, 6.07) is 22.7. The number of rotatable bonds is 6. The van der Waals surface area contributed by atoms with E-state index >= 15 is 0 Å². The molecule has 5 aromatic rings. The second-order valence-corrected chi connectivity index (χ2v) is 9.48. The Bertz CT molecular complexity index is 1440.